The maximum Gasteiger partial charge on any atom is 0.240 e. The Morgan fingerprint density at radius 2 is 2.38 bits per heavy atom. The molecule has 1 amide bonds. The highest BCUT2D eigenvalue weighted by molar-refractivity contribution is 5.83. The fraction of sp³-hybridized carbons (Fsp3) is 0.889. The third-order valence-electron chi connectivity index (χ3n) is 2.08. The average Bonchev–Trinajstić information content (AvgIpc) is 2.35. The average molecular weight is 186 g/mol. The van der Waals surface area contributed by atoms with Crippen molar-refractivity contribution in [1.29, 1.82) is 0 Å². The van der Waals surface area contributed by atoms with E-state index in [9.17, 15) is 4.79 Å². The second-order valence-corrected chi connectivity index (χ2v) is 3.61. The lowest BCUT2D eigenvalue weighted by Crippen LogP contribution is -2.32. The number of nitrogens with zero attached hydrogens (tertiary/aromatic N) is 1. The molecular formula is C9H18N2O2. The smallest absolute Gasteiger partial charge is 0.240 e. The van der Waals surface area contributed by atoms with Gasteiger partial charge in [0.15, 0.2) is 0 Å². The molecule has 1 fully saturated rings. The lowest BCUT2D eigenvalue weighted by Gasteiger charge is -2.15. The van der Waals surface area contributed by atoms with Crippen LogP contribution in [-0.2, 0) is 9.53 Å². The number of rotatable bonds is 4. The molecule has 0 spiro atoms. The van der Waals surface area contributed by atoms with Crippen molar-refractivity contribution >= 4 is 5.91 Å². The van der Waals surface area contributed by atoms with Crippen molar-refractivity contribution in [2.75, 3.05) is 19.8 Å². The second kappa shape index (κ2) is 4.58. The summed E-state index contributed by atoms with van der Waals surface area (Å²) >= 11 is 0. The Morgan fingerprint density at radius 1 is 1.69 bits per heavy atom. The van der Waals surface area contributed by atoms with E-state index in [1.165, 1.54) is 0 Å². The molecule has 4 nitrogen and oxygen atoms in total. The SMILES string of the molecule is CC(C)OCCN1CNC(C)C1=O. The van der Waals surface area contributed by atoms with Gasteiger partial charge < -0.3 is 9.64 Å². The maximum absolute atomic E-state index is 11.4. The zero-order valence-electron chi connectivity index (χ0n) is 8.54. The highest BCUT2D eigenvalue weighted by Crippen LogP contribution is 2.02. The first-order chi connectivity index (χ1) is 6.11. The lowest BCUT2D eigenvalue weighted by molar-refractivity contribution is -0.129. The van der Waals surface area contributed by atoms with Crippen LogP contribution in [0.5, 0.6) is 0 Å². The fourth-order valence-electron chi connectivity index (χ4n) is 1.27. The summed E-state index contributed by atoms with van der Waals surface area (Å²) in [5.74, 6) is 0.173. The van der Waals surface area contributed by atoms with E-state index < -0.39 is 0 Å². The van der Waals surface area contributed by atoms with Crippen LogP contribution in [0.1, 0.15) is 20.8 Å². The van der Waals surface area contributed by atoms with E-state index in [0.717, 1.165) is 0 Å². The molecule has 1 rings (SSSR count). The molecule has 1 atom stereocenters. The normalized spacial score (nSPS) is 23.2. The summed E-state index contributed by atoms with van der Waals surface area (Å²) < 4.78 is 5.37. The van der Waals surface area contributed by atoms with E-state index in [2.05, 4.69) is 5.32 Å². The molecule has 0 radical (unpaired) electrons. The van der Waals surface area contributed by atoms with Gasteiger partial charge in [0.25, 0.3) is 0 Å². The van der Waals surface area contributed by atoms with Gasteiger partial charge in [-0.1, -0.05) is 0 Å². The summed E-state index contributed by atoms with van der Waals surface area (Å²) in [6.07, 6.45) is 0.239. The summed E-state index contributed by atoms with van der Waals surface area (Å²) in [6, 6.07) is -0.0287. The highest BCUT2D eigenvalue weighted by Gasteiger charge is 2.26. The Hall–Kier alpha value is -0.610. The summed E-state index contributed by atoms with van der Waals surface area (Å²) in [7, 11) is 0. The topological polar surface area (TPSA) is 41.6 Å². The zero-order chi connectivity index (χ0) is 9.84. The summed E-state index contributed by atoms with van der Waals surface area (Å²) in [6.45, 7) is 7.83. The van der Waals surface area contributed by atoms with Crippen molar-refractivity contribution in [3.8, 4) is 0 Å². The number of carbonyl (C=O) groups excluding carboxylic acids is 1. The van der Waals surface area contributed by atoms with Crippen LogP contribution >= 0.6 is 0 Å². The van der Waals surface area contributed by atoms with Crippen LogP contribution in [0, 0.1) is 0 Å². The molecule has 0 saturated carbocycles. The Balaban J connectivity index is 2.19. The third-order valence-corrected chi connectivity index (χ3v) is 2.08. The van der Waals surface area contributed by atoms with Gasteiger partial charge in [-0.25, -0.2) is 0 Å². The molecule has 0 aromatic heterocycles. The number of hydrogen-bond acceptors (Lipinski definition) is 3. The number of hydrogen-bond donors (Lipinski definition) is 1. The van der Waals surface area contributed by atoms with Gasteiger partial charge in [0.1, 0.15) is 0 Å². The Bertz CT molecular complexity index is 182. The minimum Gasteiger partial charge on any atom is -0.377 e. The van der Waals surface area contributed by atoms with Gasteiger partial charge in [-0.2, -0.15) is 0 Å². The van der Waals surface area contributed by atoms with Crippen molar-refractivity contribution in [3.05, 3.63) is 0 Å². The predicted octanol–water partition coefficient (Wildman–Crippen LogP) is 0.189. The molecular weight excluding hydrogens is 168 g/mol. The molecule has 0 aliphatic carbocycles. The molecule has 1 aliphatic rings. The molecule has 0 aromatic carbocycles. The Morgan fingerprint density at radius 3 is 2.85 bits per heavy atom. The number of amides is 1. The molecule has 1 heterocycles. The zero-order valence-corrected chi connectivity index (χ0v) is 8.54. The first kappa shape index (κ1) is 10.5. The second-order valence-electron chi connectivity index (χ2n) is 3.61. The van der Waals surface area contributed by atoms with Gasteiger partial charge in [-0.15, -0.1) is 0 Å². The lowest BCUT2D eigenvalue weighted by atomic mass is 10.3. The van der Waals surface area contributed by atoms with Crippen molar-refractivity contribution in [3.63, 3.8) is 0 Å². The van der Waals surface area contributed by atoms with Crippen LogP contribution in [0.15, 0.2) is 0 Å². The number of carbonyl (C=O) groups is 1. The van der Waals surface area contributed by atoms with Gasteiger partial charge in [0.05, 0.1) is 25.4 Å². The highest BCUT2D eigenvalue weighted by atomic mass is 16.5. The largest absolute Gasteiger partial charge is 0.377 e. The summed E-state index contributed by atoms with van der Waals surface area (Å²) in [5.41, 5.74) is 0. The van der Waals surface area contributed by atoms with Gasteiger partial charge in [0.2, 0.25) is 5.91 Å². The van der Waals surface area contributed by atoms with Crippen molar-refractivity contribution in [2.24, 2.45) is 0 Å². The quantitative estimate of drug-likeness (QED) is 0.681. The van der Waals surface area contributed by atoms with Crippen LogP contribution < -0.4 is 5.32 Å². The van der Waals surface area contributed by atoms with E-state index in [4.69, 9.17) is 4.74 Å². The van der Waals surface area contributed by atoms with Gasteiger partial charge in [-0.05, 0) is 20.8 Å². The number of nitrogens with one attached hydrogen (secondary N) is 1. The fourth-order valence-corrected chi connectivity index (χ4v) is 1.27. The Labute approximate surface area is 79.2 Å². The molecule has 1 saturated heterocycles. The van der Waals surface area contributed by atoms with E-state index in [1.54, 1.807) is 4.90 Å². The third kappa shape index (κ3) is 2.97. The van der Waals surface area contributed by atoms with Crippen LogP contribution in [0.4, 0.5) is 0 Å². The summed E-state index contributed by atoms with van der Waals surface area (Å²) in [5, 5.41) is 3.08. The van der Waals surface area contributed by atoms with E-state index in [1.807, 2.05) is 20.8 Å². The minimum absolute atomic E-state index is 0.0287. The van der Waals surface area contributed by atoms with Crippen molar-refractivity contribution in [2.45, 2.75) is 32.9 Å². The molecule has 76 valence electrons. The van der Waals surface area contributed by atoms with Gasteiger partial charge in [0, 0.05) is 6.54 Å². The first-order valence-corrected chi connectivity index (χ1v) is 4.75. The molecule has 1 N–H and O–H groups in total. The van der Waals surface area contributed by atoms with E-state index >= 15 is 0 Å². The monoisotopic (exact) mass is 186 g/mol. The van der Waals surface area contributed by atoms with Crippen LogP contribution in [0.2, 0.25) is 0 Å². The van der Waals surface area contributed by atoms with Gasteiger partial charge >= 0.3 is 0 Å². The van der Waals surface area contributed by atoms with Gasteiger partial charge in [-0.3, -0.25) is 10.1 Å². The van der Waals surface area contributed by atoms with Crippen LogP contribution in [0.25, 0.3) is 0 Å². The minimum atomic E-state index is -0.0287. The first-order valence-electron chi connectivity index (χ1n) is 4.75. The van der Waals surface area contributed by atoms with E-state index in [-0.39, 0.29) is 18.1 Å². The van der Waals surface area contributed by atoms with Crippen molar-refractivity contribution < 1.29 is 9.53 Å². The van der Waals surface area contributed by atoms with Crippen LogP contribution in [-0.4, -0.2) is 42.8 Å². The van der Waals surface area contributed by atoms with E-state index in [0.29, 0.717) is 19.8 Å². The Kier molecular flexibility index (Phi) is 3.69. The van der Waals surface area contributed by atoms with Crippen LogP contribution in [0.3, 0.4) is 0 Å². The molecule has 13 heavy (non-hydrogen) atoms. The van der Waals surface area contributed by atoms with Crippen molar-refractivity contribution in [1.82, 2.24) is 10.2 Å². The summed E-state index contributed by atoms with van der Waals surface area (Å²) in [4.78, 5) is 13.2. The standard InChI is InChI=1S/C9H18N2O2/c1-7(2)13-5-4-11-6-10-8(3)9(11)12/h7-8,10H,4-6H2,1-3H3. The predicted molar refractivity (Wildman–Crippen MR) is 50.3 cm³/mol. The molecule has 4 heteroatoms. The molecule has 0 aromatic rings. The molecule has 0 bridgehead atoms. The molecule has 1 unspecified atom stereocenters. The maximum atomic E-state index is 11.4. The number of ether oxygens (including phenoxy) is 1. The molecule has 1 aliphatic heterocycles.